The average Bonchev–Trinajstić information content (AvgIpc) is 3.31. The molecule has 1 aromatic carbocycles. The fraction of sp³-hybridized carbons (Fsp3) is 0.682. The second-order valence-corrected chi connectivity index (χ2v) is 9.06. The van der Waals surface area contributed by atoms with E-state index in [4.69, 9.17) is 0 Å². The highest BCUT2D eigenvalue weighted by molar-refractivity contribution is 5.73. The third-order valence-corrected chi connectivity index (χ3v) is 7.84. The molecule has 0 radical (unpaired) electrons. The predicted molar refractivity (Wildman–Crippen MR) is 99.4 cm³/mol. The first-order valence-electron chi connectivity index (χ1n) is 10.2. The molecule has 1 amide bonds. The molecular weight excluding hydrogens is 308 g/mol. The van der Waals surface area contributed by atoms with Crippen molar-refractivity contribution in [1.29, 1.82) is 0 Å². The zero-order valence-corrected chi connectivity index (χ0v) is 15.4. The van der Waals surface area contributed by atoms with Crippen LogP contribution in [0.4, 0.5) is 0 Å². The van der Waals surface area contributed by atoms with E-state index < -0.39 is 0 Å². The van der Waals surface area contributed by atoms with E-state index in [9.17, 15) is 4.79 Å². The molecule has 134 valence electrons. The molecule has 2 saturated carbocycles. The number of carbonyl (C=O) groups is 1. The van der Waals surface area contributed by atoms with Crippen molar-refractivity contribution in [3.63, 3.8) is 0 Å². The number of rotatable bonds is 2. The lowest BCUT2D eigenvalue weighted by atomic mass is 9.73. The Balaban J connectivity index is 1.36. The van der Waals surface area contributed by atoms with Gasteiger partial charge in [0.05, 0.1) is 6.04 Å². The van der Waals surface area contributed by atoms with E-state index in [0.29, 0.717) is 5.54 Å². The Hall–Kier alpha value is -1.35. The number of nitrogens with zero attached hydrogens (tertiary/aromatic N) is 1. The lowest BCUT2D eigenvalue weighted by Crippen LogP contribution is -2.49. The summed E-state index contributed by atoms with van der Waals surface area (Å²) < 4.78 is 0. The summed E-state index contributed by atoms with van der Waals surface area (Å²) in [5.74, 6) is 1.09. The normalized spacial score (nSPS) is 35.9. The van der Waals surface area contributed by atoms with E-state index in [1.54, 1.807) is 6.92 Å². The van der Waals surface area contributed by atoms with Crippen LogP contribution in [-0.2, 0) is 10.2 Å². The van der Waals surface area contributed by atoms with E-state index in [1.807, 2.05) is 0 Å². The summed E-state index contributed by atoms with van der Waals surface area (Å²) in [6, 6.07) is 9.07. The molecule has 3 atom stereocenters. The first kappa shape index (κ1) is 15.9. The van der Waals surface area contributed by atoms with Crippen LogP contribution < -0.4 is 5.32 Å². The Labute approximate surface area is 151 Å². The fourth-order valence-corrected chi connectivity index (χ4v) is 6.53. The topological polar surface area (TPSA) is 32.3 Å². The molecular formula is C22H30N2O. The molecule has 3 fully saturated rings. The van der Waals surface area contributed by atoms with Crippen LogP contribution in [0.3, 0.4) is 0 Å². The maximum absolute atomic E-state index is 11.7. The SMILES string of the molecule is CC(=O)N[C@H]1CC2(CCN(C34CCCCC3C4)CC2)c2ccccc21. The Morgan fingerprint density at radius 2 is 1.92 bits per heavy atom. The maximum atomic E-state index is 11.7. The molecule has 2 unspecified atom stereocenters. The molecule has 25 heavy (non-hydrogen) atoms. The van der Waals surface area contributed by atoms with Crippen molar-refractivity contribution in [1.82, 2.24) is 10.2 Å². The summed E-state index contributed by atoms with van der Waals surface area (Å²) in [5, 5.41) is 3.21. The molecule has 1 saturated heterocycles. The Bertz CT molecular complexity index is 691. The minimum absolute atomic E-state index is 0.0937. The second kappa shape index (κ2) is 5.57. The van der Waals surface area contributed by atoms with Gasteiger partial charge in [-0.25, -0.2) is 0 Å². The number of nitrogens with one attached hydrogen (secondary N) is 1. The number of benzene rings is 1. The minimum Gasteiger partial charge on any atom is -0.349 e. The highest BCUT2D eigenvalue weighted by Crippen LogP contribution is 2.60. The molecule has 4 aliphatic rings. The molecule has 1 spiro atoms. The van der Waals surface area contributed by atoms with Gasteiger partial charge in [0.1, 0.15) is 0 Å². The van der Waals surface area contributed by atoms with Gasteiger partial charge in [0, 0.05) is 17.9 Å². The van der Waals surface area contributed by atoms with Crippen molar-refractivity contribution in [2.75, 3.05) is 13.1 Å². The molecule has 1 aromatic rings. The summed E-state index contributed by atoms with van der Waals surface area (Å²) >= 11 is 0. The number of carbonyl (C=O) groups excluding carboxylic acids is 1. The molecule has 0 aromatic heterocycles. The lowest BCUT2D eigenvalue weighted by molar-refractivity contribution is -0.119. The van der Waals surface area contributed by atoms with Crippen LogP contribution in [0.5, 0.6) is 0 Å². The molecule has 1 N–H and O–H groups in total. The highest BCUT2D eigenvalue weighted by Gasteiger charge is 2.59. The zero-order chi connectivity index (χ0) is 17.1. The van der Waals surface area contributed by atoms with Crippen molar-refractivity contribution in [3.8, 4) is 0 Å². The number of likely N-dealkylation sites (tertiary alicyclic amines) is 1. The van der Waals surface area contributed by atoms with Gasteiger partial charge in [-0.05, 0) is 68.7 Å². The van der Waals surface area contributed by atoms with Crippen molar-refractivity contribution >= 4 is 5.91 Å². The predicted octanol–water partition coefficient (Wildman–Crippen LogP) is 3.93. The van der Waals surface area contributed by atoms with Gasteiger partial charge in [-0.1, -0.05) is 37.1 Å². The molecule has 1 heterocycles. The Kier molecular flexibility index (Phi) is 3.54. The number of fused-ring (bicyclic) bond motifs is 3. The maximum Gasteiger partial charge on any atom is 0.217 e. The van der Waals surface area contributed by atoms with E-state index in [2.05, 4.69) is 34.5 Å². The third-order valence-electron chi connectivity index (χ3n) is 7.84. The van der Waals surface area contributed by atoms with E-state index in [1.165, 1.54) is 69.2 Å². The fourth-order valence-electron chi connectivity index (χ4n) is 6.53. The smallest absolute Gasteiger partial charge is 0.217 e. The molecule has 1 aliphatic heterocycles. The number of amides is 1. The number of hydrogen-bond acceptors (Lipinski definition) is 2. The summed E-state index contributed by atoms with van der Waals surface area (Å²) in [5.41, 5.74) is 3.76. The molecule has 5 rings (SSSR count). The largest absolute Gasteiger partial charge is 0.349 e. The van der Waals surface area contributed by atoms with Gasteiger partial charge in [-0.2, -0.15) is 0 Å². The van der Waals surface area contributed by atoms with Crippen LogP contribution in [0.1, 0.15) is 75.5 Å². The number of piperidine rings is 1. The van der Waals surface area contributed by atoms with Gasteiger partial charge in [0.2, 0.25) is 5.91 Å². The Morgan fingerprint density at radius 1 is 1.12 bits per heavy atom. The van der Waals surface area contributed by atoms with Gasteiger partial charge >= 0.3 is 0 Å². The van der Waals surface area contributed by atoms with Gasteiger partial charge in [0.15, 0.2) is 0 Å². The van der Waals surface area contributed by atoms with Crippen molar-refractivity contribution in [2.45, 2.75) is 75.3 Å². The van der Waals surface area contributed by atoms with Crippen molar-refractivity contribution in [3.05, 3.63) is 35.4 Å². The van der Waals surface area contributed by atoms with E-state index >= 15 is 0 Å². The monoisotopic (exact) mass is 338 g/mol. The number of hydrogen-bond donors (Lipinski definition) is 1. The first-order valence-corrected chi connectivity index (χ1v) is 10.2. The van der Waals surface area contributed by atoms with Gasteiger partial charge < -0.3 is 5.32 Å². The summed E-state index contributed by atoms with van der Waals surface area (Å²) in [7, 11) is 0. The molecule has 3 aliphatic carbocycles. The minimum atomic E-state index is 0.0937. The van der Waals surface area contributed by atoms with Crippen LogP contribution in [0.15, 0.2) is 24.3 Å². The van der Waals surface area contributed by atoms with Crippen LogP contribution >= 0.6 is 0 Å². The van der Waals surface area contributed by atoms with Crippen LogP contribution in [0.2, 0.25) is 0 Å². The first-order chi connectivity index (χ1) is 12.1. The molecule has 3 nitrogen and oxygen atoms in total. The highest BCUT2D eigenvalue weighted by atomic mass is 16.1. The third kappa shape index (κ3) is 2.38. The van der Waals surface area contributed by atoms with Gasteiger partial charge in [-0.15, -0.1) is 0 Å². The molecule has 3 heteroatoms. The van der Waals surface area contributed by atoms with Crippen LogP contribution in [0, 0.1) is 5.92 Å². The summed E-state index contributed by atoms with van der Waals surface area (Å²) in [4.78, 5) is 14.5. The summed E-state index contributed by atoms with van der Waals surface area (Å²) in [6.07, 6.45) is 10.9. The van der Waals surface area contributed by atoms with Gasteiger partial charge in [0.25, 0.3) is 0 Å². The zero-order valence-electron chi connectivity index (χ0n) is 15.4. The van der Waals surface area contributed by atoms with Crippen LogP contribution in [-0.4, -0.2) is 29.4 Å². The van der Waals surface area contributed by atoms with Crippen LogP contribution in [0.25, 0.3) is 0 Å². The van der Waals surface area contributed by atoms with Gasteiger partial charge in [-0.3, -0.25) is 9.69 Å². The van der Waals surface area contributed by atoms with Crippen molar-refractivity contribution < 1.29 is 4.79 Å². The quantitative estimate of drug-likeness (QED) is 0.886. The van der Waals surface area contributed by atoms with E-state index in [-0.39, 0.29) is 17.4 Å². The standard InChI is InChI=1S/C22H30N2O/c1-16(25)23-20-15-21(19-8-3-2-7-18(19)20)10-12-24(13-11-21)22-9-5-4-6-17(22)14-22/h2-3,7-8,17,20H,4-6,9-15H2,1H3,(H,23,25)/t17?,20-,22?/m0/s1. The van der Waals surface area contributed by atoms with E-state index in [0.717, 1.165) is 12.3 Å². The Morgan fingerprint density at radius 3 is 2.68 bits per heavy atom. The summed E-state index contributed by atoms with van der Waals surface area (Å²) in [6.45, 7) is 4.14. The lowest BCUT2D eigenvalue weighted by Gasteiger charge is -2.45. The second-order valence-electron chi connectivity index (χ2n) is 9.06. The van der Waals surface area contributed by atoms with Crippen molar-refractivity contribution in [2.24, 2.45) is 5.92 Å². The average molecular weight is 338 g/mol. The molecule has 0 bridgehead atoms.